The van der Waals surface area contributed by atoms with Gasteiger partial charge in [0.2, 0.25) is 6.41 Å². The second kappa shape index (κ2) is 5.66. The van der Waals surface area contributed by atoms with Crippen LogP contribution in [0.25, 0.3) is 11.3 Å². The Labute approximate surface area is 127 Å². The predicted octanol–water partition coefficient (Wildman–Crippen LogP) is 2.03. The standard InChI is InChI=1S/C12H10BrClN4O2/c13-7-3-1-6(2-4-7)10-9(14)8(11(15)20)12(17-10)18(16)5-19/h1-5,17H,16H2,(H2,15,20). The first-order valence-electron chi connectivity index (χ1n) is 5.42. The molecule has 8 heteroatoms. The van der Waals surface area contributed by atoms with Crippen LogP contribution in [-0.2, 0) is 4.79 Å². The van der Waals surface area contributed by atoms with Crippen molar-refractivity contribution in [2.45, 2.75) is 0 Å². The van der Waals surface area contributed by atoms with Crippen LogP contribution in [0.1, 0.15) is 10.4 Å². The summed E-state index contributed by atoms with van der Waals surface area (Å²) in [5.41, 5.74) is 6.43. The Kier molecular flexibility index (Phi) is 4.12. The number of hydrogen-bond acceptors (Lipinski definition) is 3. The van der Waals surface area contributed by atoms with Crippen molar-refractivity contribution in [1.29, 1.82) is 0 Å². The highest BCUT2D eigenvalue weighted by atomic mass is 79.9. The van der Waals surface area contributed by atoms with Gasteiger partial charge in [-0.1, -0.05) is 39.7 Å². The molecule has 0 atom stereocenters. The number of aromatic amines is 1. The lowest BCUT2D eigenvalue weighted by atomic mass is 10.1. The van der Waals surface area contributed by atoms with Gasteiger partial charge in [-0.2, -0.15) is 0 Å². The van der Waals surface area contributed by atoms with E-state index in [2.05, 4.69) is 20.9 Å². The molecule has 1 aromatic heterocycles. The Bertz CT molecular complexity index is 669. The van der Waals surface area contributed by atoms with Gasteiger partial charge in [-0.15, -0.1) is 0 Å². The largest absolute Gasteiger partial charge is 0.365 e. The van der Waals surface area contributed by atoms with Crippen LogP contribution in [0.4, 0.5) is 5.82 Å². The number of carbonyl (C=O) groups excluding carboxylic acids is 2. The van der Waals surface area contributed by atoms with Gasteiger partial charge in [0, 0.05) is 4.47 Å². The molecule has 0 spiro atoms. The topological polar surface area (TPSA) is 105 Å². The summed E-state index contributed by atoms with van der Waals surface area (Å²) in [7, 11) is 0. The number of anilines is 1. The van der Waals surface area contributed by atoms with Gasteiger partial charge in [0.25, 0.3) is 5.91 Å². The van der Waals surface area contributed by atoms with Crippen LogP contribution in [0.5, 0.6) is 0 Å². The molecular weight excluding hydrogens is 348 g/mol. The number of hydrazine groups is 1. The van der Waals surface area contributed by atoms with E-state index >= 15 is 0 Å². The molecule has 2 rings (SSSR count). The molecule has 104 valence electrons. The molecular formula is C12H10BrClN4O2. The minimum atomic E-state index is -0.776. The average molecular weight is 358 g/mol. The molecule has 0 radical (unpaired) electrons. The molecule has 20 heavy (non-hydrogen) atoms. The summed E-state index contributed by atoms with van der Waals surface area (Å²) in [5.74, 6) is 4.75. The lowest BCUT2D eigenvalue weighted by Gasteiger charge is -2.08. The van der Waals surface area contributed by atoms with E-state index in [9.17, 15) is 9.59 Å². The monoisotopic (exact) mass is 356 g/mol. The summed E-state index contributed by atoms with van der Waals surface area (Å²) in [6, 6.07) is 7.21. The fourth-order valence-electron chi connectivity index (χ4n) is 1.75. The van der Waals surface area contributed by atoms with Crippen molar-refractivity contribution in [3.05, 3.63) is 39.3 Å². The van der Waals surface area contributed by atoms with Crippen LogP contribution >= 0.6 is 27.5 Å². The number of nitrogens with zero attached hydrogens (tertiary/aromatic N) is 1. The van der Waals surface area contributed by atoms with E-state index in [1.807, 2.05) is 12.1 Å². The number of rotatable bonds is 4. The highest BCUT2D eigenvalue weighted by Crippen LogP contribution is 2.36. The zero-order valence-corrected chi connectivity index (χ0v) is 12.4. The molecule has 2 amide bonds. The quantitative estimate of drug-likeness (QED) is 0.337. The molecule has 0 aliphatic carbocycles. The number of hydrogen-bond donors (Lipinski definition) is 3. The second-order valence-electron chi connectivity index (χ2n) is 3.92. The lowest BCUT2D eigenvalue weighted by molar-refractivity contribution is -0.107. The predicted molar refractivity (Wildman–Crippen MR) is 80.2 cm³/mol. The van der Waals surface area contributed by atoms with Crippen molar-refractivity contribution in [3.63, 3.8) is 0 Å². The van der Waals surface area contributed by atoms with Gasteiger partial charge in [0.1, 0.15) is 11.4 Å². The van der Waals surface area contributed by atoms with E-state index in [1.54, 1.807) is 12.1 Å². The smallest absolute Gasteiger partial charge is 0.254 e. The number of amides is 2. The van der Waals surface area contributed by atoms with Crippen LogP contribution in [-0.4, -0.2) is 17.3 Å². The third kappa shape index (κ3) is 2.55. The maximum Gasteiger partial charge on any atom is 0.254 e. The molecule has 0 saturated heterocycles. The third-order valence-corrected chi connectivity index (χ3v) is 3.58. The number of carbonyl (C=O) groups is 2. The van der Waals surface area contributed by atoms with E-state index in [4.69, 9.17) is 23.2 Å². The average Bonchev–Trinajstić information content (AvgIpc) is 2.76. The van der Waals surface area contributed by atoms with Crippen LogP contribution < -0.4 is 16.6 Å². The Balaban J connectivity index is 2.63. The van der Waals surface area contributed by atoms with E-state index in [0.717, 1.165) is 10.0 Å². The van der Waals surface area contributed by atoms with E-state index in [-0.39, 0.29) is 16.4 Å². The number of nitrogens with two attached hydrogens (primary N) is 2. The highest BCUT2D eigenvalue weighted by Gasteiger charge is 2.23. The molecule has 2 aromatic rings. The zero-order chi connectivity index (χ0) is 14.9. The summed E-state index contributed by atoms with van der Waals surface area (Å²) < 4.78 is 0.896. The summed E-state index contributed by atoms with van der Waals surface area (Å²) in [6.07, 6.45) is 0.347. The number of nitrogens with one attached hydrogen (secondary N) is 1. The third-order valence-electron chi connectivity index (χ3n) is 2.67. The van der Waals surface area contributed by atoms with Crippen LogP contribution in [0.2, 0.25) is 5.02 Å². The molecule has 5 N–H and O–H groups in total. The summed E-state index contributed by atoms with van der Waals surface area (Å²) in [5, 5.41) is 0.834. The van der Waals surface area contributed by atoms with Gasteiger partial charge in [0.15, 0.2) is 0 Å². The van der Waals surface area contributed by atoms with Crippen molar-refractivity contribution in [2.24, 2.45) is 11.6 Å². The Morgan fingerprint density at radius 1 is 1.35 bits per heavy atom. The summed E-state index contributed by atoms with van der Waals surface area (Å²) in [4.78, 5) is 25.1. The first-order valence-corrected chi connectivity index (χ1v) is 6.59. The minimum absolute atomic E-state index is 0.0285. The fourth-order valence-corrected chi connectivity index (χ4v) is 2.35. The van der Waals surface area contributed by atoms with Gasteiger partial charge in [-0.25, -0.2) is 10.9 Å². The lowest BCUT2D eigenvalue weighted by Crippen LogP contribution is -2.31. The zero-order valence-electron chi connectivity index (χ0n) is 10.1. The molecule has 6 nitrogen and oxygen atoms in total. The molecule has 0 unspecified atom stereocenters. The van der Waals surface area contributed by atoms with Gasteiger partial charge < -0.3 is 10.7 Å². The van der Waals surface area contributed by atoms with Gasteiger partial charge >= 0.3 is 0 Å². The van der Waals surface area contributed by atoms with E-state index < -0.39 is 5.91 Å². The van der Waals surface area contributed by atoms with Crippen molar-refractivity contribution >= 4 is 45.7 Å². The molecule has 0 aliphatic heterocycles. The minimum Gasteiger partial charge on any atom is -0.365 e. The number of H-pyrrole nitrogens is 1. The molecule has 0 saturated carbocycles. The van der Waals surface area contributed by atoms with Gasteiger partial charge in [-0.3, -0.25) is 9.59 Å². The van der Waals surface area contributed by atoms with Gasteiger partial charge in [0.05, 0.1) is 10.7 Å². The summed E-state index contributed by atoms with van der Waals surface area (Å²) in [6.45, 7) is 0. The van der Waals surface area contributed by atoms with Crippen molar-refractivity contribution in [3.8, 4) is 11.3 Å². The normalized spacial score (nSPS) is 10.3. The van der Waals surface area contributed by atoms with Crippen molar-refractivity contribution in [2.75, 3.05) is 5.01 Å². The molecule has 0 fully saturated rings. The van der Waals surface area contributed by atoms with E-state index in [0.29, 0.717) is 17.1 Å². The number of primary amides is 1. The first-order chi connectivity index (χ1) is 9.45. The fraction of sp³-hybridized carbons (Fsp3) is 0. The van der Waals surface area contributed by atoms with Crippen LogP contribution in [0.15, 0.2) is 28.7 Å². The summed E-state index contributed by atoms with van der Waals surface area (Å²) >= 11 is 9.48. The first kappa shape index (κ1) is 14.6. The molecule has 1 heterocycles. The van der Waals surface area contributed by atoms with Crippen LogP contribution in [0.3, 0.4) is 0 Å². The Morgan fingerprint density at radius 3 is 2.45 bits per heavy atom. The molecule has 0 aliphatic rings. The maximum atomic E-state index is 11.5. The number of aromatic nitrogens is 1. The van der Waals surface area contributed by atoms with Crippen molar-refractivity contribution in [1.82, 2.24) is 4.98 Å². The maximum absolute atomic E-state index is 11.5. The molecule has 0 bridgehead atoms. The second-order valence-corrected chi connectivity index (χ2v) is 5.22. The Morgan fingerprint density at radius 2 is 1.95 bits per heavy atom. The molecule has 1 aromatic carbocycles. The van der Waals surface area contributed by atoms with Gasteiger partial charge in [-0.05, 0) is 17.7 Å². The van der Waals surface area contributed by atoms with Crippen molar-refractivity contribution < 1.29 is 9.59 Å². The SMILES string of the molecule is NC(=O)c1c(N(N)C=O)[nH]c(-c2ccc(Br)cc2)c1Cl. The Hall–Kier alpha value is -1.83. The van der Waals surface area contributed by atoms with Crippen LogP contribution in [0, 0.1) is 0 Å². The number of benzene rings is 1. The van der Waals surface area contributed by atoms with E-state index in [1.165, 1.54) is 0 Å². The number of halogens is 2. The highest BCUT2D eigenvalue weighted by molar-refractivity contribution is 9.10.